The van der Waals surface area contributed by atoms with E-state index in [2.05, 4.69) is 20.6 Å². The third-order valence-corrected chi connectivity index (χ3v) is 3.00. The van der Waals surface area contributed by atoms with Gasteiger partial charge in [-0.05, 0) is 13.3 Å². The Bertz CT molecular complexity index is 533. The van der Waals surface area contributed by atoms with Gasteiger partial charge in [0.1, 0.15) is 17.7 Å². The molecule has 1 aromatic rings. The van der Waals surface area contributed by atoms with E-state index >= 15 is 0 Å². The topological polar surface area (TPSA) is 113 Å². The summed E-state index contributed by atoms with van der Waals surface area (Å²) >= 11 is 0. The number of carbonyl (C=O) groups is 2. The molecule has 20 heavy (non-hydrogen) atoms. The number of hydrogen-bond donors (Lipinski definition) is 3. The minimum absolute atomic E-state index is 0.0660. The lowest BCUT2D eigenvalue weighted by Crippen LogP contribution is -2.57. The Morgan fingerprint density at radius 2 is 2.25 bits per heavy atom. The van der Waals surface area contributed by atoms with Crippen LogP contribution in [0, 0.1) is 0 Å². The number of piperazine rings is 1. The maximum Gasteiger partial charge on any atom is 0.249 e. The van der Waals surface area contributed by atoms with Gasteiger partial charge in [0, 0.05) is 12.6 Å². The average Bonchev–Trinajstić information content (AvgIpc) is 2.40. The minimum atomic E-state index is -0.485. The number of anilines is 3. The van der Waals surface area contributed by atoms with Gasteiger partial charge in [0.05, 0.1) is 6.54 Å². The molecule has 0 saturated carbocycles. The van der Waals surface area contributed by atoms with Gasteiger partial charge in [-0.3, -0.25) is 14.9 Å². The van der Waals surface area contributed by atoms with E-state index in [-0.39, 0.29) is 24.3 Å². The highest BCUT2D eigenvalue weighted by Gasteiger charge is 2.31. The number of nitrogens with one attached hydrogen (secondary N) is 2. The molecular weight excluding hydrogens is 260 g/mol. The molecule has 1 saturated heterocycles. The Balaban J connectivity index is 2.28. The maximum absolute atomic E-state index is 11.7. The highest BCUT2D eigenvalue weighted by molar-refractivity contribution is 6.04. The maximum atomic E-state index is 11.7. The Hall–Kier alpha value is -2.38. The first-order valence-electron chi connectivity index (χ1n) is 6.50. The first-order valence-corrected chi connectivity index (χ1v) is 6.50. The molecule has 1 aliphatic heterocycles. The number of nitrogen functional groups attached to an aromatic ring is 1. The van der Waals surface area contributed by atoms with Crippen LogP contribution in [0.5, 0.6) is 0 Å². The van der Waals surface area contributed by atoms with Gasteiger partial charge >= 0.3 is 0 Å². The number of nitrogens with two attached hydrogens (primary N) is 1. The first-order chi connectivity index (χ1) is 9.51. The second-order valence-electron chi connectivity index (χ2n) is 4.61. The van der Waals surface area contributed by atoms with Gasteiger partial charge in [0.25, 0.3) is 0 Å². The summed E-state index contributed by atoms with van der Waals surface area (Å²) in [6.07, 6.45) is 0.945. The molecule has 0 aliphatic carbocycles. The number of hydrogen-bond acceptors (Lipinski definition) is 7. The molecule has 4 N–H and O–H groups in total. The van der Waals surface area contributed by atoms with Crippen molar-refractivity contribution < 1.29 is 9.59 Å². The van der Waals surface area contributed by atoms with Crippen molar-refractivity contribution in [2.75, 3.05) is 29.0 Å². The summed E-state index contributed by atoms with van der Waals surface area (Å²) in [6.45, 7) is 4.56. The summed E-state index contributed by atoms with van der Waals surface area (Å²) in [4.78, 5) is 32.9. The van der Waals surface area contributed by atoms with Crippen LogP contribution >= 0.6 is 0 Å². The quantitative estimate of drug-likeness (QED) is 0.650. The highest BCUT2D eigenvalue weighted by atomic mass is 16.2. The van der Waals surface area contributed by atoms with Crippen LogP contribution in [0.2, 0.25) is 0 Å². The summed E-state index contributed by atoms with van der Waals surface area (Å²) in [5.74, 6) is 0.452. The fourth-order valence-corrected chi connectivity index (χ4v) is 1.94. The van der Waals surface area contributed by atoms with Crippen molar-refractivity contribution in [3.05, 3.63) is 6.07 Å². The molecule has 2 amide bonds. The lowest BCUT2D eigenvalue weighted by atomic mass is 10.2. The number of aromatic nitrogens is 2. The van der Waals surface area contributed by atoms with E-state index in [4.69, 9.17) is 5.73 Å². The van der Waals surface area contributed by atoms with Crippen molar-refractivity contribution in [1.29, 1.82) is 0 Å². The summed E-state index contributed by atoms with van der Waals surface area (Å²) in [5, 5.41) is 5.39. The van der Waals surface area contributed by atoms with Crippen LogP contribution in [0.25, 0.3) is 0 Å². The van der Waals surface area contributed by atoms with Crippen LogP contribution in [-0.4, -0.2) is 40.9 Å². The van der Waals surface area contributed by atoms with Crippen LogP contribution in [0.4, 0.5) is 17.6 Å². The van der Waals surface area contributed by atoms with Gasteiger partial charge in [0.2, 0.25) is 17.8 Å². The summed E-state index contributed by atoms with van der Waals surface area (Å²) in [6, 6.07) is 1.20. The van der Waals surface area contributed by atoms with Crippen molar-refractivity contribution >= 4 is 29.4 Å². The van der Waals surface area contributed by atoms with Crippen LogP contribution in [0.15, 0.2) is 6.07 Å². The van der Waals surface area contributed by atoms with Gasteiger partial charge in [-0.2, -0.15) is 9.97 Å². The summed E-state index contributed by atoms with van der Waals surface area (Å²) < 4.78 is 0. The normalized spacial score (nSPS) is 18.9. The Labute approximate surface area is 116 Å². The molecule has 0 spiro atoms. The van der Waals surface area contributed by atoms with E-state index in [1.54, 1.807) is 17.9 Å². The molecule has 0 aromatic carbocycles. The van der Waals surface area contributed by atoms with Gasteiger partial charge in [-0.25, -0.2) is 0 Å². The van der Waals surface area contributed by atoms with E-state index in [0.29, 0.717) is 11.6 Å². The minimum Gasteiger partial charge on any atom is -0.370 e. The molecule has 8 heteroatoms. The standard InChI is InChI=1S/C12H18N6O2/c1-3-4-14-8-5-9(16-12(13)15-8)18-6-10(19)17-11(20)7(18)2/h5,7H,3-4,6H2,1-2H3,(H,17,19,20)(H3,13,14,15,16). The number of amides is 2. The second kappa shape index (κ2) is 5.72. The van der Waals surface area contributed by atoms with Crippen molar-refractivity contribution in [1.82, 2.24) is 15.3 Å². The highest BCUT2D eigenvalue weighted by Crippen LogP contribution is 2.20. The molecule has 1 atom stereocenters. The van der Waals surface area contributed by atoms with Crippen molar-refractivity contribution in [3.8, 4) is 0 Å². The van der Waals surface area contributed by atoms with E-state index in [1.165, 1.54) is 0 Å². The fourth-order valence-electron chi connectivity index (χ4n) is 1.94. The summed E-state index contributed by atoms with van der Waals surface area (Å²) in [5.41, 5.74) is 5.68. The largest absolute Gasteiger partial charge is 0.370 e. The molecule has 2 rings (SSSR count). The summed E-state index contributed by atoms with van der Waals surface area (Å²) in [7, 11) is 0. The van der Waals surface area contributed by atoms with Crippen LogP contribution in [0.1, 0.15) is 20.3 Å². The third-order valence-electron chi connectivity index (χ3n) is 3.00. The number of nitrogens with zero attached hydrogens (tertiary/aromatic N) is 3. The zero-order valence-corrected chi connectivity index (χ0v) is 11.5. The van der Waals surface area contributed by atoms with Gasteiger partial charge in [-0.15, -0.1) is 0 Å². The van der Waals surface area contributed by atoms with Crippen LogP contribution in [-0.2, 0) is 9.59 Å². The Morgan fingerprint density at radius 1 is 1.50 bits per heavy atom. The number of rotatable bonds is 4. The van der Waals surface area contributed by atoms with Crippen molar-refractivity contribution in [3.63, 3.8) is 0 Å². The lowest BCUT2D eigenvalue weighted by Gasteiger charge is -2.32. The predicted octanol–water partition coefficient (Wildman–Crippen LogP) is -0.268. The fraction of sp³-hybridized carbons (Fsp3) is 0.500. The second-order valence-corrected chi connectivity index (χ2v) is 4.61. The molecule has 0 radical (unpaired) electrons. The van der Waals surface area contributed by atoms with E-state index in [0.717, 1.165) is 13.0 Å². The Morgan fingerprint density at radius 3 is 2.95 bits per heavy atom. The van der Waals surface area contributed by atoms with Gasteiger partial charge < -0.3 is 16.0 Å². The Kier molecular flexibility index (Phi) is 4.02. The first kappa shape index (κ1) is 14.0. The van der Waals surface area contributed by atoms with Gasteiger partial charge in [-0.1, -0.05) is 6.92 Å². The molecule has 1 unspecified atom stereocenters. The molecular formula is C12H18N6O2. The monoisotopic (exact) mass is 278 g/mol. The molecule has 108 valence electrons. The zero-order chi connectivity index (χ0) is 14.7. The molecule has 8 nitrogen and oxygen atoms in total. The number of carbonyl (C=O) groups excluding carboxylic acids is 2. The SMILES string of the molecule is CCCNc1cc(N2CC(=O)NC(=O)C2C)nc(N)n1. The smallest absolute Gasteiger partial charge is 0.249 e. The molecule has 2 heterocycles. The van der Waals surface area contributed by atoms with E-state index in [9.17, 15) is 9.59 Å². The molecule has 0 bridgehead atoms. The molecule has 1 aromatic heterocycles. The van der Waals surface area contributed by atoms with Crippen molar-refractivity contribution in [2.24, 2.45) is 0 Å². The van der Waals surface area contributed by atoms with Crippen LogP contribution in [0.3, 0.4) is 0 Å². The lowest BCUT2D eigenvalue weighted by molar-refractivity contribution is -0.132. The van der Waals surface area contributed by atoms with Gasteiger partial charge in [0.15, 0.2) is 0 Å². The van der Waals surface area contributed by atoms with Crippen LogP contribution < -0.4 is 21.3 Å². The predicted molar refractivity (Wildman–Crippen MR) is 75.2 cm³/mol. The zero-order valence-electron chi connectivity index (χ0n) is 11.5. The molecule has 1 aliphatic rings. The van der Waals surface area contributed by atoms with E-state index in [1.807, 2.05) is 6.92 Å². The third kappa shape index (κ3) is 2.95. The van der Waals surface area contributed by atoms with Crippen molar-refractivity contribution in [2.45, 2.75) is 26.3 Å². The van der Waals surface area contributed by atoms with E-state index < -0.39 is 6.04 Å². The molecule has 1 fully saturated rings. The average molecular weight is 278 g/mol. The number of imide groups is 1.